The van der Waals surface area contributed by atoms with E-state index >= 15 is 0 Å². The molecule has 30 heavy (non-hydrogen) atoms. The Balaban J connectivity index is 1.34. The third-order valence-corrected chi connectivity index (χ3v) is 4.74. The zero-order chi connectivity index (χ0) is 21.1. The number of hydrogen-bond donors (Lipinski definition) is 0. The first-order valence-electron chi connectivity index (χ1n) is 9.33. The van der Waals surface area contributed by atoms with Gasteiger partial charge >= 0.3 is 5.97 Å². The highest BCUT2D eigenvalue weighted by Crippen LogP contribution is 2.21. The molecular formula is C20H20N6O4. The molecule has 0 atom stereocenters. The zero-order valence-corrected chi connectivity index (χ0v) is 16.8. The maximum absolute atomic E-state index is 12.2. The van der Waals surface area contributed by atoms with Gasteiger partial charge in [0.15, 0.2) is 6.61 Å². The molecule has 0 bridgehead atoms. The third kappa shape index (κ3) is 3.97. The Morgan fingerprint density at radius 1 is 1.17 bits per heavy atom. The highest BCUT2D eigenvalue weighted by Gasteiger charge is 2.15. The summed E-state index contributed by atoms with van der Waals surface area (Å²) >= 11 is 0. The summed E-state index contributed by atoms with van der Waals surface area (Å²) in [5, 5.41) is 8.01. The second-order valence-electron chi connectivity index (χ2n) is 6.64. The lowest BCUT2D eigenvalue weighted by molar-refractivity contribution is -0.145. The Morgan fingerprint density at radius 3 is 2.73 bits per heavy atom. The number of hydrogen-bond acceptors (Lipinski definition) is 9. The molecule has 0 saturated heterocycles. The molecule has 1 aromatic carbocycles. The van der Waals surface area contributed by atoms with Gasteiger partial charge < -0.3 is 14.0 Å². The van der Waals surface area contributed by atoms with E-state index < -0.39 is 0 Å². The number of ether oxygens (including phenoxy) is 2. The Morgan fingerprint density at radius 2 is 1.97 bits per heavy atom. The number of aryl methyl sites for hydroxylation is 2. The zero-order valence-electron chi connectivity index (χ0n) is 16.8. The summed E-state index contributed by atoms with van der Waals surface area (Å²) in [6.07, 6.45) is 2.15. The first kappa shape index (κ1) is 19.5. The van der Waals surface area contributed by atoms with Crippen molar-refractivity contribution in [1.29, 1.82) is 0 Å². The fraction of sp³-hybridized carbons (Fsp3) is 0.300. The minimum atomic E-state index is -0.358. The summed E-state index contributed by atoms with van der Waals surface area (Å²) in [5.74, 6) is 1.56. The van der Waals surface area contributed by atoms with Gasteiger partial charge in [0, 0.05) is 23.4 Å². The standard InChI is InChI=1S/C20H20N6O4/c1-12-16(13(2)26-20(23-12)21-11-22-26)8-9-18(27)29-10-17-24-19(30-25-17)14-4-6-15(28-3)7-5-14/h4-7,11H,8-10H2,1-3H3. The van der Waals surface area contributed by atoms with E-state index in [1.807, 2.05) is 26.0 Å². The number of nitrogens with zero attached hydrogens (tertiary/aromatic N) is 6. The number of esters is 1. The molecule has 154 valence electrons. The second-order valence-corrected chi connectivity index (χ2v) is 6.64. The SMILES string of the molecule is COc1ccc(-c2nc(COC(=O)CCc3c(C)nc4ncnn4c3C)no2)cc1. The number of benzene rings is 1. The van der Waals surface area contributed by atoms with E-state index in [0.717, 1.165) is 28.3 Å². The number of carbonyl (C=O) groups is 1. The highest BCUT2D eigenvalue weighted by molar-refractivity contribution is 5.69. The summed E-state index contributed by atoms with van der Waals surface area (Å²) in [6, 6.07) is 7.23. The van der Waals surface area contributed by atoms with Gasteiger partial charge in [-0.25, -0.2) is 9.50 Å². The molecule has 3 heterocycles. The van der Waals surface area contributed by atoms with Crippen LogP contribution in [-0.4, -0.2) is 42.8 Å². The van der Waals surface area contributed by atoms with Gasteiger partial charge in [0.05, 0.1) is 7.11 Å². The lowest BCUT2D eigenvalue weighted by atomic mass is 10.1. The van der Waals surface area contributed by atoms with Gasteiger partial charge in [-0.3, -0.25) is 4.79 Å². The van der Waals surface area contributed by atoms with E-state index in [0.29, 0.717) is 23.9 Å². The summed E-state index contributed by atoms with van der Waals surface area (Å²) in [7, 11) is 1.60. The van der Waals surface area contributed by atoms with Crippen molar-refractivity contribution in [3.63, 3.8) is 0 Å². The van der Waals surface area contributed by atoms with Gasteiger partial charge in [0.1, 0.15) is 12.1 Å². The Kier molecular flexibility index (Phi) is 5.38. The van der Waals surface area contributed by atoms with Crippen molar-refractivity contribution in [1.82, 2.24) is 29.7 Å². The molecule has 0 spiro atoms. The smallest absolute Gasteiger partial charge is 0.306 e. The molecule has 0 fully saturated rings. The molecule has 4 rings (SSSR count). The van der Waals surface area contributed by atoms with Crippen molar-refractivity contribution in [2.24, 2.45) is 0 Å². The van der Waals surface area contributed by atoms with E-state index in [4.69, 9.17) is 14.0 Å². The first-order valence-corrected chi connectivity index (χ1v) is 9.33. The summed E-state index contributed by atoms with van der Waals surface area (Å²) in [5.41, 5.74) is 3.43. The van der Waals surface area contributed by atoms with E-state index in [1.54, 1.807) is 23.8 Å². The van der Waals surface area contributed by atoms with Crippen LogP contribution in [0.2, 0.25) is 0 Å². The van der Waals surface area contributed by atoms with Crippen LogP contribution in [0.3, 0.4) is 0 Å². The average Bonchev–Trinajstić information content (AvgIpc) is 3.42. The van der Waals surface area contributed by atoms with Crippen molar-refractivity contribution in [2.75, 3.05) is 7.11 Å². The molecule has 0 aliphatic carbocycles. The lowest BCUT2D eigenvalue weighted by Crippen LogP contribution is -2.10. The minimum Gasteiger partial charge on any atom is -0.497 e. The lowest BCUT2D eigenvalue weighted by Gasteiger charge is -2.09. The Hall–Kier alpha value is -3.82. The average molecular weight is 408 g/mol. The van der Waals surface area contributed by atoms with E-state index in [-0.39, 0.29) is 19.0 Å². The van der Waals surface area contributed by atoms with Crippen LogP contribution in [0.4, 0.5) is 0 Å². The molecule has 0 radical (unpaired) electrons. The number of aromatic nitrogens is 6. The van der Waals surface area contributed by atoms with E-state index in [2.05, 4.69) is 25.2 Å². The molecule has 10 heteroatoms. The molecule has 0 amide bonds. The van der Waals surface area contributed by atoms with Crippen LogP contribution < -0.4 is 4.74 Å². The van der Waals surface area contributed by atoms with Crippen LogP contribution in [0.25, 0.3) is 17.2 Å². The highest BCUT2D eigenvalue weighted by atomic mass is 16.5. The predicted octanol–water partition coefficient (Wildman–Crippen LogP) is 2.48. The topological polar surface area (TPSA) is 118 Å². The number of fused-ring (bicyclic) bond motifs is 1. The van der Waals surface area contributed by atoms with Crippen LogP contribution in [0.1, 0.15) is 29.2 Å². The third-order valence-electron chi connectivity index (χ3n) is 4.74. The number of carbonyl (C=O) groups excluding carboxylic acids is 1. The van der Waals surface area contributed by atoms with Gasteiger partial charge in [-0.2, -0.15) is 15.1 Å². The maximum atomic E-state index is 12.2. The van der Waals surface area contributed by atoms with Crippen LogP contribution >= 0.6 is 0 Å². The molecule has 3 aromatic heterocycles. The van der Waals surface area contributed by atoms with Crippen molar-refractivity contribution < 1.29 is 18.8 Å². The maximum Gasteiger partial charge on any atom is 0.306 e. The second kappa shape index (κ2) is 8.27. The van der Waals surface area contributed by atoms with Gasteiger partial charge in [0.2, 0.25) is 5.82 Å². The summed E-state index contributed by atoms with van der Waals surface area (Å²) in [6.45, 7) is 3.76. The largest absolute Gasteiger partial charge is 0.497 e. The van der Waals surface area contributed by atoms with Crippen molar-refractivity contribution in [2.45, 2.75) is 33.3 Å². The van der Waals surface area contributed by atoms with Crippen LogP contribution in [0.5, 0.6) is 5.75 Å². The molecule has 0 N–H and O–H groups in total. The Bertz CT molecular complexity index is 1180. The normalized spacial score (nSPS) is 11.0. The molecule has 0 aliphatic heterocycles. The van der Waals surface area contributed by atoms with Crippen molar-refractivity contribution in [3.05, 3.63) is 53.4 Å². The van der Waals surface area contributed by atoms with Crippen molar-refractivity contribution in [3.8, 4) is 17.2 Å². The quantitative estimate of drug-likeness (QED) is 0.425. The fourth-order valence-electron chi connectivity index (χ4n) is 3.12. The summed E-state index contributed by atoms with van der Waals surface area (Å²) < 4.78 is 17.3. The van der Waals surface area contributed by atoms with Crippen LogP contribution in [-0.2, 0) is 22.6 Å². The van der Waals surface area contributed by atoms with Crippen LogP contribution in [0, 0.1) is 13.8 Å². The fourth-order valence-corrected chi connectivity index (χ4v) is 3.12. The van der Waals surface area contributed by atoms with Gasteiger partial charge in [0.25, 0.3) is 11.7 Å². The first-order chi connectivity index (χ1) is 14.5. The Labute approximate surface area is 171 Å². The summed E-state index contributed by atoms with van der Waals surface area (Å²) in [4.78, 5) is 25.0. The van der Waals surface area contributed by atoms with E-state index in [9.17, 15) is 4.79 Å². The molecule has 4 aromatic rings. The molecule has 0 saturated carbocycles. The molecular weight excluding hydrogens is 388 g/mol. The number of rotatable bonds is 7. The van der Waals surface area contributed by atoms with Gasteiger partial charge in [-0.05, 0) is 50.1 Å². The predicted molar refractivity (Wildman–Crippen MR) is 105 cm³/mol. The minimum absolute atomic E-state index is 0.0587. The molecule has 0 unspecified atom stereocenters. The van der Waals surface area contributed by atoms with E-state index in [1.165, 1.54) is 6.33 Å². The number of methoxy groups -OCH3 is 1. The monoisotopic (exact) mass is 408 g/mol. The van der Waals surface area contributed by atoms with Crippen molar-refractivity contribution >= 4 is 11.7 Å². The van der Waals surface area contributed by atoms with Gasteiger partial charge in [-0.1, -0.05) is 5.16 Å². The molecule has 10 nitrogen and oxygen atoms in total. The van der Waals surface area contributed by atoms with Crippen LogP contribution in [0.15, 0.2) is 35.1 Å². The molecule has 0 aliphatic rings. The van der Waals surface area contributed by atoms with Gasteiger partial charge in [-0.15, -0.1) is 0 Å².